The normalized spacial score (nSPS) is 15.7. The Bertz CT molecular complexity index is 824. The quantitative estimate of drug-likeness (QED) is 0.640. The lowest BCUT2D eigenvalue weighted by Crippen LogP contribution is -2.26. The van der Waals surface area contributed by atoms with Crippen LogP contribution in [0.15, 0.2) is 24.3 Å². The Kier molecular flexibility index (Phi) is 6.06. The summed E-state index contributed by atoms with van der Waals surface area (Å²) in [4.78, 5) is 0. The van der Waals surface area contributed by atoms with Gasteiger partial charge in [0.2, 0.25) is 25.1 Å². The first-order chi connectivity index (χ1) is 14.7. The molecule has 2 atom stereocenters. The highest BCUT2D eigenvalue weighted by atomic mass is 16.7. The van der Waals surface area contributed by atoms with Crippen LogP contribution in [0.3, 0.4) is 0 Å². The monoisotopic (exact) mass is 418 g/mol. The molecule has 2 unspecified atom stereocenters. The molecule has 30 heavy (non-hydrogen) atoms. The molecule has 0 fully saturated rings. The van der Waals surface area contributed by atoms with Gasteiger partial charge in [0.15, 0.2) is 23.0 Å². The number of benzene rings is 2. The molecule has 0 amide bonds. The zero-order valence-corrected chi connectivity index (χ0v) is 17.1. The SMILES string of the molecule is COc1cc(CC(CO)C(CO)Cc2cc(OC)c3c(c2)OCO3)cc2c1OCO2. The zero-order chi connectivity index (χ0) is 21.1. The van der Waals surface area contributed by atoms with Gasteiger partial charge in [-0.05, 0) is 60.1 Å². The van der Waals surface area contributed by atoms with Crippen molar-refractivity contribution in [2.45, 2.75) is 12.8 Å². The van der Waals surface area contributed by atoms with Crippen molar-refractivity contribution in [2.75, 3.05) is 41.0 Å². The minimum absolute atomic E-state index is 0.0658. The van der Waals surface area contributed by atoms with Crippen molar-refractivity contribution in [1.82, 2.24) is 0 Å². The van der Waals surface area contributed by atoms with E-state index in [9.17, 15) is 10.2 Å². The van der Waals surface area contributed by atoms with E-state index in [1.807, 2.05) is 24.3 Å². The average Bonchev–Trinajstić information content (AvgIpc) is 3.44. The smallest absolute Gasteiger partial charge is 0.231 e. The van der Waals surface area contributed by atoms with E-state index in [4.69, 9.17) is 28.4 Å². The molecular weight excluding hydrogens is 392 g/mol. The van der Waals surface area contributed by atoms with Crippen LogP contribution in [-0.2, 0) is 12.8 Å². The summed E-state index contributed by atoms with van der Waals surface area (Å²) < 4.78 is 32.7. The molecule has 162 valence electrons. The first kappa shape index (κ1) is 20.4. The van der Waals surface area contributed by atoms with Crippen LogP contribution >= 0.6 is 0 Å². The maximum Gasteiger partial charge on any atom is 0.231 e. The lowest BCUT2D eigenvalue weighted by molar-refractivity contribution is 0.119. The molecule has 8 nitrogen and oxygen atoms in total. The largest absolute Gasteiger partial charge is 0.493 e. The van der Waals surface area contributed by atoms with Crippen molar-refractivity contribution >= 4 is 0 Å². The van der Waals surface area contributed by atoms with Gasteiger partial charge in [-0.3, -0.25) is 0 Å². The Morgan fingerprint density at radius 1 is 0.733 bits per heavy atom. The van der Waals surface area contributed by atoms with Gasteiger partial charge in [-0.25, -0.2) is 0 Å². The molecule has 2 aromatic carbocycles. The standard InChI is InChI=1S/C22H26O8/c1-25-17-5-13(7-19-21(17)29-11-27-19)3-15(9-23)16(10-24)4-14-6-18(26-2)22-20(8-14)28-12-30-22/h5-8,15-16,23-24H,3-4,9-12H2,1-2H3. The second-order valence-corrected chi connectivity index (χ2v) is 7.36. The van der Waals surface area contributed by atoms with Gasteiger partial charge in [0.1, 0.15) is 0 Å². The molecule has 2 N–H and O–H groups in total. The highest BCUT2D eigenvalue weighted by Crippen LogP contribution is 2.44. The number of methoxy groups -OCH3 is 2. The van der Waals surface area contributed by atoms with Crippen molar-refractivity contribution in [3.05, 3.63) is 35.4 Å². The summed E-state index contributed by atoms with van der Waals surface area (Å²) in [6.07, 6.45) is 1.10. The highest BCUT2D eigenvalue weighted by Gasteiger charge is 2.27. The van der Waals surface area contributed by atoms with Crippen LogP contribution in [0.5, 0.6) is 34.5 Å². The lowest BCUT2D eigenvalue weighted by Gasteiger charge is -2.25. The summed E-state index contributed by atoms with van der Waals surface area (Å²) >= 11 is 0. The number of hydrogen-bond acceptors (Lipinski definition) is 8. The molecule has 0 saturated carbocycles. The van der Waals surface area contributed by atoms with E-state index in [-0.39, 0.29) is 38.6 Å². The third-order valence-corrected chi connectivity index (χ3v) is 5.57. The van der Waals surface area contributed by atoms with Gasteiger partial charge in [-0.1, -0.05) is 0 Å². The van der Waals surface area contributed by atoms with E-state index in [1.165, 1.54) is 0 Å². The topological polar surface area (TPSA) is 95.8 Å². The van der Waals surface area contributed by atoms with Crippen molar-refractivity contribution in [1.29, 1.82) is 0 Å². The summed E-state index contributed by atoms with van der Waals surface area (Å²) in [5, 5.41) is 20.1. The van der Waals surface area contributed by atoms with Crippen LogP contribution in [-0.4, -0.2) is 51.2 Å². The van der Waals surface area contributed by atoms with Crippen LogP contribution in [0.4, 0.5) is 0 Å². The summed E-state index contributed by atoms with van der Waals surface area (Å²) in [7, 11) is 3.16. The van der Waals surface area contributed by atoms with Crippen LogP contribution in [0.25, 0.3) is 0 Å². The molecule has 2 aromatic rings. The van der Waals surface area contributed by atoms with Crippen LogP contribution < -0.4 is 28.4 Å². The highest BCUT2D eigenvalue weighted by molar-refractivity contribution is 5.56. The molecule has 0 saturated heterocycles. The van der Waals surface area contributed by atoms with Gasteiger partial charge in [0.25, 0.3) is 0 Å². The third kappa shape index (κ3) is 3.93. The maximum atomic E-state index is 10.1. The van der Waals surface area contributed by atoms with Crippen molar-refractivity contribution < 1.29 is 38.6 Å². The van der Waals surface area contributed by atoms with Gasteiger partial charge in [-0.15, -0.1) is 0 Å². The van der Waals surface area contributed by atoms with Crippen LogP contribution in [0, 0.1) is 11.8 Å². The number of ether oxygens (including phenoxy) is 6. The molecule has 0 aromatic heterocycles. The molecule has 4 rings (SSSR count). The molecule has 0 bridgehead atoms. The van der Waals surface area contributed by atoms with Gasteiger partial charge in [0, 0.05) is 13.2 Å². The molecule has 0 spiro atoms. The maximum absolute atomic E-state index is 10.1. The minimum atomic E-state index is -0.170. The molecule has 0 aliphatic carbocycles. The van der Waals surface area contributed by atoms with E-state index in [2.05, 4.69) is 0 Å². The van der Waals surface area contributed by atoms with Crippen molar-refractivity contribution in [3.8, 4) is 34.5 Å². The first-order valence-electron chi connectivity index (χ1n) is 9.81. The lowest BCUT2D eigenvalue weighted by atomic mass is 9.83. The van der Waals surface area contributed by atoms with Gasteiger partial charge in [0.05, 0.1) is 14.2 Å². The van der Waals surface area contributed by atoms with Gasteiger partial charge >= 0.3 is 0 Å². The first-order valence-corrected chi connectivity index (χ1v) is 9.81. The molecule has 2 heterocycles. The molecular formula is C22H26O8. The molecule has 2 aliphatic rings. The molecule has 8 heteroatoms. The summed E-state index contributed by atoms with van der Waals surface area (Å²) in [5.74, 6) is 3.29. The summed E-state index contributed by atoms with van der Waals surface area (Å²) in [5.41, 5.74) is 1.88. The number of aliphatic hydroxyl groups excluding tert-OH is 2. The Labute approximate surface area is 174 Å². The molecule has 0 radical (unpaired) electrons. The summed E-state index contributed by atoms with van der Waals surface area (Å²) in [6, 6.07) is 7.56. The zero-order valence-electron chi connectivity index (χ0n) is 17.1. The van der Waals surface area contributed by atoms with E-state index in [0.29, 0.717) is 47.3 Å². The van der Waals surface area contributed by atoms with E-state index in [0.717, 1.165) is 11.1 Å². The predicted octanol–water partition coefficient (Wildman–Crippen LogP) is 2.16. The number of rotatable bonds is 9. The Balaban J connectivity index is 1.54. The van der Waals surface area contributed by atoms with Crippen LogP contribution in [0.1, 0.15) is 11.1 Å². The number of hydrogen-bond donors (Lipinski definition) is 2. The van der Waals surface area contributed by atoms with E-state index >= 15 is 0 Å². The van der Waals surface area contributed by atoms with E-state index < -0.39 is 0 Å². The fourth-order valence-corrected chi connectivity index (χ4v) is 3.97. The molecule has 2 aliphatic heterocycles. The summed E-state index contributed by atoms with van der Waals surface area (Å²) in [6.45, 7) is 0.181. The fraction of sp³-hybridized carbons (Fsp3) is 0.455. The third-order valence-electron chi connectivity index (χ3n) is 5.57. The second kappa shape index (κ2) is 8.89. The van der Waals surface area contributed by atoms with Crippen molar-refractivity contribution in [2.24, 2.45) is 11.8 Å². The average molecular weight is 418 g/mol. The number of aliphatic hydroxyl groups is 2. The second-order valence-electron chi connectivity index (χ2n) is 7.36. The Morgan fingerprint density at radius 2 is 1.17 bits per heavy atom. The van der Waals surface area contributed by atoms with E-state index in [1.54, 1.807) is 14.2 Å². The number of fused-ring (bicyclic) bond motifs is 2. The van der Waals surface area contributed by atoms with Crippen molar-refractivity contribution in [3.63, 3.8) is 0 Å². The van der Waals surface area contributed by atoms with Gasteiger partial charge in [-0.2, -0.15) is 0 Å². The fourth-order valence-electron chi connectivity index (χ4n) is 3.97. The Morgan fingerprint density at radius 3 is 1.53 bits per heavy atom. The Hall–Kier alpha value is -2.84. The van der Waals surface area contributed by atoms with Crippen LogP contribution in [0.2, 0.25) is 0 Å². The van der Waals surface area contributed by atoms with Gasteiger partial charge < -0.3 is 38.6 Å². The minimum Gasteiger partial charge on any atom is -0.493 e. The predicted molar refractivity (Wildman–Crippen MR) is 107 cm³/mol.